The molecule has 0 fully saturated rings. The van der Waals surface area contributed by atoms with Crippen LogP contribution in [0.3, 0.4) is 0 Å². The maximum absolute atomic E-state index is 10.4. The summed E-state index contributed by atoms with van der Waals surface area (Å²) >= 11 is 0. The van der Waals surface area contributed by atoms with Gasteiger partial charge in [-0.2, -0.15) is 15.4 Å². The van der Waals surface area contributed by atoms with Gasteiger partial charge >= 0.3 is 5.97 Å². The summed E-state index contributed by atoms with van der Waals surface area (Å²) in [5, 5.41) is 18.4. The van der Waals surface area contributed by atoms with Crippen molar-refractivity contribution in [3.63, 3.8) is 0 Å². The SMILES string of the molecule is O=C(O)c1cc2n[nH]nc2cn1. The lowest BCUT2D eigenvalue weighted by Crippen LogP contribution is -1.98. The summed E-state index contributed by atoms with van der Waals surface area (Å²) in [5.41, 5.74) is 1.03. The number of pyridine rings is 1. The van der Waals surface area contributed by atoms with Gasteiger partial charge in [-0.3, -0.25) is 0 Å². The van der Waals surface area contributed by atoms with Gasteiger partial charge < -0.3 is 5.11 Å². The van der Waals surface area contributed by atoms with Gasteiger partial charge in [-0.05, 0) is 0 Å². The number of nitrogens with one attached hydrogen (secondary N) is 1. The van der Waals surface area contributed by atoms with Crippen molar-refractivity contribution in [2.75, 3.05) is 0 Å². The van der Waals surface area contributed by atoms with E-state index in [1.165, 1.54) is 12.3 Å². The van der Waals surface area contributed by atoms with Crippen LogP contribution in [0.1, 0.15) is 10.5 Å². The van der Waals surface area contributed by atoms with Crippen LogP contribution in [0.2, 0.25) is 0 Å². The van der Waals surface area contributed by atoms with Crippen molar-refractivity contribution in [1.29, 1.82) is 0 Å². The number of nitrogens with zero attached hydrogens (tertiary/aromatic N) is 3. The lowest BCUT2D eigenvalue weighted by molar-refractivity contribution is 0.0690. The Hall–Kier alpha value is -1.98. The Morgan fingerprint density at radius 2 is 2.17 bits per heavy atom. The Bertz CT molecular complexity index is 436. The van der Waals surface area contributed by atoms with E-state index in [4.69, 9.17) is 5.11 Å². The van der Waals surface area contributed by atoms with Gasteiger partial charge in [-0.25, -0.2) is 9.78 Å². The molecule has 0 radical (unpaired) electrons. The van der Waals surface area contributed by atoms with Crippen molar-refractivity contribution in [1.82, 2.24) is 20.4 Å². The fourth-order valence-electron chi connectivity index (χ4n) is 0.863. The molecule has 0 amide bonds. The van der Waals surface area contributed by atoms with Gasteiger partial charge in [0.1, 0.15) is 11.0 Å². The molecule has 0 saturated carbocycles. The van der Waals surface area contributed by atoms with E-state index < -0.39 is 5.97 Å². The van der Waals surface area contributed by atoms with Crippen LogP contribution in [0.5, 0.6) is 0 Å². The number of rotatable bonds is 1. The maximum atomic E-state index is 10.4. The monoisotopic (exact) mass is 164 g/mol. The Kier molecular flexibility index (Phi) is 1.26. The third kappa shape index (κ3) is 0.895. The van der Waals surface area contributed by atoms with Crippen LogP contribution in [0.15, 0.2) is 12.3 Å². The fraction of sp³-hybridized carbons (Fsp3) is 0. The highest BCUT2D eigenvalue weighted by Crippen LogP contribution is 2.06. The molecule has 2 aromatic heterocycles. The van der Waals surface area contributed by atoms with E-state index in [1.54, 1.807) is 0 Å². The summed E-state index contributed by atoms with van der Waals surface area (Å²) in [7, 11) is 0. The molecule has 60 valence electrons. The van der Waals surface area contributed by atoms with Crippen molar-refractivity contribution in [2.24, 2.45) is 0 Å². The third-order valence-electron chi connectivity index (χ3n) is 1.42. The molecule has 12 heavy (non-hydrogen) atoms. The van der Waals surface area contributed by atoms with Crippen molar-refractivity contribution >= 4 is 17.0 Å². The molecule has 0 aliphatic rings. The lowest BCUT2D eigenvalue weighted by atomic mass is 10.3. The molecule has 0 unspecified atom stereocenters. The second-order valence-electron chi connectivity index (χ2n) is 2.19. The zero-order valence-corrected chi connectivity index (χ0v) is 5.85. The van der Waals surface area contributed by atoms with Crippen molar-refractivity contribution in [2.45, 2.75) is 0 Å². The summed E-state index contributed by atoms with van der Waals surface area (Å²) < 4.78 is 0. The average molecular weight is 164 g/mol. The quantitative estimate of drug-likeness (QED) is 0.621. The van der Waals surface area contributed by atoms with Gasteiger partial charge in [0.2, 0.25) is 0 Å². The predicted octanol–water partition coefficient (Wildman–Crippen LogP) is 0.0511. The number of carboxylic acids is 1. The number of carbonyl (C=O) groups is 1. The molecule has 0 saturated heterocycles. The minimum absolute atomic E-state index is 0.0311. The Morgan fingerprint density at radius 3 is 2.92 bits per heavy atom. The van der Waals surface area contributed by atoms with Gasteiger partial charge in [0, 0.05) is 6.07 Å². The first kappa shape index (κ1) is 6.71. The Balaban J connectivity index is 2.68. The van der Waals surface area contributed by atoms with Gasteiger partial charge in [0.15, 0.2) is 5.69 Å². The van der Waals surface area contributed by atoms with Crippen LogP contribution in [-0.4, -0.2) is 31.5 Å². The average Bonchev–Trinajstić information content (AvgIpc) is 2.49. The molecule has 2 N–H and O–H groups in total. The van der Waals surface area contributed by atoms with E-state index in [0.29, 0.717) is 11.0 Å². The largest absolute Gasteiger partial charge is 0.477 e. The summed E-state index contributed by atoms with van der Waals surface area (Å²) in [6.07, 6.45) is 1.36. The summed E-state index contributed by atoms with van der Waals surface area (Å²) in [6, 6.07) is 1.36. The molecule has 0 bridgehead atoms. The highest BCUT2D eigenvalue weighted by molar-refractivity contribution is 5.89. The van der Waals surface area contributed by atoms with E-state index in [1.807, 2.05) is 0 Å². The van der Waals surface area contributed by atoms with E-state index in [0.717, 1.165) is 0 Å². The molecule has 0 aliphatic heterocycles. The number of aromatic carboxylic acids is 1. The van der Waals surface area contributed by atoms with Crippen molar-refractivity contribution in [3.05, 3.63) is 18.0 Å². The normalized spacial score (nSPS) is 10.3. The predicted molar refractivity (Wildman–Crippen MR) is 38.6 cm³/mol. The van der Waals surface area contributed by atoms with Gasteiger partial charge in [0.05, 0.1) is 6.20 Å². The molecule has 2 rings (SSSR count). The first-order valence-corrected chi connectivity index (χ1v) is 3.17. The van der Waals surface area contributed by atoms with Gasteiger partial charge in [0.25, 0.3) is 0 Å². The number of H-pyrrole nitrogens is 1. The number of fused-ring (bicyclic) bond motifs is 1. The number of carboxylic acid groups (broad SMARTS) is 1. The topological polar surface area (TPSA) is 91.8 Å². The van der Waals surface area contributed by atoms with Gasteiger partial charge in [-0.1, -0.05) is 0 Å². The Morgan fingerprint density at radius 1 is 1.42 bits per heavy atom. The van der Waals surface area contributed by atoms with E-state index >= 15 is 0 Å². The van der Waals surface area contributed by atoms with Crippen LogP contribution in [0.25, 0.3) is 11.0 Å². The lowest BCUT2D eigenvalue weighted by Gasteiger charge is -1.89. The second-order valence-corrected chi connectivity index (χ2v) is 2.19. The number of aromatic nitrogens is 4. The number of aromatic amines is 1. The van der Waals surface area contributed by atoms with E-state index in [-0.39, 0.29) is 5.69 Å². The first-order valence-electron chi connectivity index (χ1n) is 3.17. The summed E-state index contributed by atoms with van der Waals surface area (Å²) in [6.45, 7) is 0. The van der Waals surface area contributed by atoms with Gasteiger partial charge in [-0.15, -0.1) is 0 Å². The van der Waals surface area contributed by atoms with E-state index in [9.17, 15) is 4.79 Å². The zero-order chi connectivity index (χ0) is 8.55. The molecule has 2 aromatic rings. The smallest absolute Gasteiger partial charge is 0.354 e. The summed E-state index contributed by atoms with van der Waals surface area (Å²) in [5.74, 6) is -1.07. The third-order valence-corrected chi connectivity index (χ3v) is 1.42. The van der Waals surface area contributed by atoms with Crippen LogP contribution in [0.4, 0.5) is 0 Å². The molecule has 0 aliphatic carbocycles. The maximum Gasteiger partial charge on any atom is 0.354 e. The van der Waals surface area contributed by atoms with Crippen molar-refractivity contribution in [3.8, 4) is 0 Å². The molecule has 0 spiro atoms. The molecular weight excluding hydrogens is 160 g/mol. The van der Waals surface area contributed by atoms with Crippen LogP contribution >= 0.6 is 0 Å². The minimum Gasteiger partial charge on any atom is -0.477 e. The fourth-order valence-corrected chi connectivity index (χ4v) is 0.863. The highest BCUT2D eigenvalue weighted by atomic mass is 16.4. The van der Waals surface area contributed by atoms with Crippen LogP contribution in [0, 0.1) is 0 Å². The standard InChI is InChI=1S/C6H4N4O2/c11-6(12)4-1-3-5(2-7-4)9-10-8-3/h1-2H,(H,11,12)(H,8,9,10). The highest BCUT2D eigenvalue weighted by Gasteiger charge is 2.06. The van der Waals surface area contributed by atoms with Crippen LogP contribution < -0.4 is 0 Å². The summed E-state index contributed by atoms with van der Waals surface area (Å²) in [4.78, 5) is 14.1. The molecule has 6 nitrogen and oxygen atoms in total. The van der Waals surface area contributed by atoms with Crippen molar-refractivity contribution < 1.29 is 9.90 Å². The minimum atomic E-state index is -1.07. The second kappa shape index (κ2) is 2.26. The molecule has 0 atom stereocenters. The molecular formula is C6H4N4O2. The van der Waals surface area contributed by atoms with Crippen LogP contribution in [-0.2, 0) is 0 Å². The van der Waals surface area contributed by atoms with E-state index in [2.05, 4.69) is 20.4 Å². The molecule has 2 heterocycles. The molecule has 0 aromatic carbocycles. The number of hydrogen-bond acceptors (Lipinski definition) is 4. The first-order chi connectivity index (χ1) is 5.77. The zero-order valence-electron chi connectivity index (χ0n) is 5.85. The molecule has 6 heteroatoms. The Labute approximate surface area is 66.2 Å². The number of hydrogen-bond donors (Lipinski definition) is 2.